The van der Waals surface area contributed by atoms with Crippen molar-refractivity contribution in [3.05, 3.63) is 64.7 Å². The summed E-state index contributed by atoms with van der Waals surface area (Å²) in [6.45, 7) is 2.76. The van der Waals surface area contributed by atoms with Crippen molar-refractivity contribution in [1.82, 2.24) is 10.2 Å². The van der Waals surface area contributed by atoms with Crippen molar-refractivity contribution in [3.63, 3.8) is 0 Å². The molecule has 2 aromatic rings. The number of nitrogens with one attached hydrogen (secondary N) is 1. The number of rotatable bonds is 5. The molecule has 2 aromatic carbocycles. The molecule has 1 saturated heterocycles. The quantitative estimate of drug-likeness (QED) is 0.760. The summed E-state index contributed by atoms with van der Waals surface area (Å²) >= 11 is 0. The molecule has 0 spiro atoms. The predicted molar refractivity (Wildman–Crippen MR) is 96.3 cm³/mol. The molecule has 3 rings (SSSR count). The maximum atomic E-state index is 14.3. The molecule has 0 bridgehead atoms. The highest BCUT2D eigenvalue weighted by Gasteiger charge is 2.25. The van der Waals surface area contributed by atoms with E-state index >= 15 is 0 Å². The number of hydrogen-bond donors (Lipinski definition) is 1. The lowest BCUT2D eigenvalue weighted by Gasteiger charge is -2.33. The molecule has 1 unspecified atom stereocenters. The van der Waals surface area contributed by atoms with E-state index in [-0.39, 0.29) is 18.4 Å². The Bertz CT molecular complexity index is 871. The van der Waals surface area contributed by atoms with Gasteiger partial charge in [0.15, 0.2) is 11.6 Å². The van der Waals surface area contributed by atoms with Crippen LogP contribution in [0.25, 0.3) is 0 Å². The average molecular weight is 412 g/mol. The highest BCUT2D eigenvalue weighted by atomic mass is 19.2. The molecule has 1 atom stereocenters. The standard InChI is InChI=1S/C20H20F4N2O3/c1-12-9-25-4-5-26(12)20(27)29-11-15-17(22)7-14(8-18(15)23)28-10-13-2-3-16(21)19(24)6-13/h2-3,6-8,12,25H,4-5,9-11H2,1H3. The Morgan fingerprint density at radius 3 is 2.45 bits per heavy atom. The van der Waals surface area contributed by atoms with Crippen molar-refractivity contribution >= 4 is 6.09 Å². The van der Waals surface area contributed by atoms with E-state index in [1.165, 1.54) is 11.0 Å². The lowest BCUT2D eigenvalue weighted by Crippen LogP contribution is -2.52. The van der Waals surface area contributed by atoms with Gasteiger partial charge in [0.2, 0.25) is 0 Å². The lowest BCUT2D eigenvalue weighted by atomic mass is 10.2. The fraction of sp³-hybridized carbons (Fsp3) is 0.350. The van der Waals surface area contributed by atoms with Gasteiger partial charge in [0.1, 0.15) is 30.6 Å². The molecule has 29 heavy (non-hydrogen) atoms. The van der Waals surface area contributed by atoms with Gasteiger partial charge >= 0.3 is 6.09 Å². The van der Waals surface area contributed by atoms with Crippen molar-refractivity contribution < 1.29 is 31.8 Å². The number of piperazine rings is 1. The number of halogens is 4. The van der Waals surface area contributed by atoms with Crippen LogP contribution in [0.15, 0.2) is 30.3 Å². The van der Waals surface area contributed by atoms with E-state index in [4.69, 9.17) is 9.47 Å². The first-order chi connectivity index (χ1) is 13.8. The summed E-state index contributed by atoms with van der Waals surface area (Å²) in [4.78, 5) is 13.6. The Kier molecular flexibility index (Phi) is 6.58. The largest absolute Gasteiger partial charge is 0.489 e. The minimum absolute atomic E-state index is 0.0852. The Labute approximate surface area is 165 Å². The molecule has 0 saturated carbocycles. The predicted octanol–water partition coefficient (Wildman–Crippen LogP) is 3.75. The highest BCUT2D eigenvalue weighted by Crippen LogP contribution is 2.23. The molecule has 1 amide bonds. The first-order valence-corrected chi connectivity index (χ1v) is 9.04. The zero-order chi connectivity index (χ0) is 21.0. The van der Waals surface area contributed by atoms with Gasteiger partial charge in [0.25, 0.3) is 0 Å². The van der Waals surface area contributed by atoms with E-state index in [9.17, 15) is 22.4 Å². The van der Waals surface area contributed by atoms with Crippen LogP contribution in [0.5, 0.6) is 5.75 Å². The summed E-state index contributed by atoms with van der Waals surface area (Å²) in [5.41, 5.74) is -0.103. The van der Waals surface area contributed by atoms with Crippen LogP contribution in [0.1, 0.15) is 18.1 Å². The van der Waals surface area contributed by atoms with Crippen molar-refractivity contribution in [2.24, 2.45) is 0 Å². The van der Waals surface area contributed by atoms with Crippen LogP contribution in [0.4, 0.5) is 22.4 Å². The number of carbonyl (C=O) groups is 1. The van der Waals surface area contributed by atoms with Gasteiger partial charge in [-0.1, -0.05) is 6.07 Å². The molecular weight excluding hydrogens is 392 g/mol. The SMILES string of the molecule is CC1CNCCN1C(=O)OCc1c(F)cc(OCc2ccc(F)c(F)c2)cc1F. The van der Waals surface area contributed by atoms with Gasteiger partial charge in [0, 0.05) is 37.8 Å². The highest BCUT2D eigenvalue weighted by molar-refractivity contribution is 5.68. The Morgan fingerprint density at radius 2 is 1.79 bits per heavy atom. The van der Waals surface area contributed by atoms with E-state index in [0.717, 1.165) is 24.3 Å². The first kappa shape index (κ1) is 20.9. The number of carbonyl (C=O) groups excluding carboxylic acids is 1. The van der Waals surface area contributed by atoms with Gasteiger partial charge in [-0.2, -0.15) is 0 Å². The number of ether oxygens (including phenoxy) is 2. The third kappa shape index (κ3) is 5.17. The fourth-order valence-corrected chi connectivity index (χ4v) is 2.93. The second-order valence-electron chi connectivity index (χ2n) is 6.70. The zero-order valence-corrected chi connectivity index (χ0v) is 15.7. The minimum Gasteiger partial charge on any atom is -0.489 e. The third-order valence-corrected chi connectivity index (χ3v) is 4.58. The third-order valence-electron chi connectivity index (χ3n) is 4.58. The van der Waals surface area contributed by atoms with Crippen LogP contribution < -0.4 is 10.1 Å². The molecule has 1 aliphatic heterocycles. The van der Waals surface area contributed by atoms with E-state index in [0.29, 0.717) is 25.2 Å². The van der Waals surface area contributed by atoms with Crippen LogP contribution in [0.2, 0.25) is 0 Å². The van der Waals surface area contributed by atoms with Crippen molar-refractivity contribution in [1.29, 1.82) is 0 Å². The average Bonchev–Trinajstić information content (AvgIpc) is 2.68. The normalized spacial score (nSPS) is 16.6. The summed E-state index contributed by atoms with van der Waals surface area (Å²) in [6, 6.07) is 4.98. The number of benzene rings is 2. The monoisotopic (exact) mass is 412 g/mol. The van der Waals surface area contributed by atoms with Crippen molar-refractivity contribution in [2.45, 2.75) is 26.2 Å². The molecule has 1 fully saturated rings. The summed E-state index contributed by atoms with van der Waals surface area (Å²) < 4.78 is 65.0. The Morgan fingerprint density at radius 1 is 1.07 bits per heavy atom. The summed E-state index contributed by atoms with van der Waals surface area (Å²) in [5.74, 6) is -4.05. The lowest BCUT2D eigenvalue weighted by molar-refractivity contribution is 0.0744. The molecule has 5 nitrogen and oxygen atoms in total. The van der Waals surface area contributed by atoms with Crippen LogP contribution in [-0.2, 0) is 18.0 Å². The molecule has 0 aromatic heterocycles. The second-order valence-corrected chi connectivity index (χ2v) is 6.70. The van der Waals surface area contributed by atoms with E-state index in [2.05, 4.69) is 5.32 Å². The molecule has 0 aliphatic carbocycles. The van der Waals surface area contributed by atoms with E-state index < -0.39 is 41.5 Å². The number of amides is 1. The molecule has 1 aliphatic rings. The second kappa shape index (κ2) is 9.13. The topological polar surface area (TPSA) is 50.8 Å². The minimum atomic E-state index is -1.04. The van der Waals surface area contributed by atoms with Gasteiger partial charge in [-0.25, -0.2) is 22.4 Å². The van der Waals surface area contributed by atoms with Gasteiger partial charge in [-0.3, -0.25) is 0 Å². The number of hydrogen-bond acceptors (Lipinski definition) is 4. The van der Waals surface area contributed by atoms with Crippen molar-refractivity contribution in [3.8, 4) is 5.75 Å². The summed E-state index contributed by atoms with van der Waals surface area (Å²) in [7, 11) is 0. The molecule has 9 heteroatoms. The van der Waals surface area contributed by atoms with Crippen molar-refractivity contribution in [2.75, 3.05) is 19.6 Å². The molecule has 1 N–H and O–H groups in total. The molecule has 0 radical (unpaired) electrons. The van der Waals surface area contributed by atoms with Gasteiger partial charge in [-0.05, 0) is 24.6 Å². The van der Waals surface area contributed by atoms with Crippen LogP contribution in [0, 0.1) is 23.3 Å². The fourth-order valence-electron chi connectivity index (χ4n) is 2.93. The van der Waals surface area contributed by atoms with Gasteiger partial charge in [-0.15, -0.1) is 0 Å². The Hall–Kier alpha value is -2.81. The molecule has 1 heterocycles. The first-order valence-electron chi connectivity index (χ1n) is 9.04. The van der Waals surface area contributed by atoms with E-state index in [1.54, 1.807) is 0 Å². The zero-order valence-electron chi connectivity index (χ0n) is 15.7. The van der Waals surface area contributed by atoms with Crippen LogP contribution in [-0.4, -0.2) is 36.7 Å². The molecular formula is C20H20F4N2O3. The smallest absolute Gasteiger partial charge is 0.410 e. The van der Waals surface area contributed by atoms with E-state index in [1.807, 2.05) is 6.92 Å². The maximum absolute atomic E-state index is 14.3. The summed E-state index contributed by atoms with van der Waals surface area (Å²) in [6.07, 6.45) is -0.642. The Balaban J connectivity index is 1.61. The van der Waals surface area contributed by atoms with Crippen LogP contribution >= 0.6 is 0 Å². The van der Waals surface area contributed by atoms with Gasteiger partial charge < -0.3 is 19.7 Å². The maximum Gasteiger partial charge on any atom is 0.410 e. The summed E-state index contributed by atoms with van der Waals surface area (Å²) in [5, 5.41) is 3.12. The van der Waals surface area contributed by atoms with Crippen LogP contribution in [0.3, 0.4) is 0 Å². The number of nitrogens with zero attached hydrogens (tertiary/aromatic N) is 1. The molecule has 156 valence electrons. The van der Waals surface area contributed by atoms with Gasteiger partial charge in [0.05, 0.1) is 5.56 Å².